The van der Waals surface area contributed by atoms with E-state index in [1.165, 1.54) is 11.3 Å². The van der Waals surface area contributed by atoms with Gasteiger partial charge in [-0.3, -0.25) is 24.5 Å². The number of H-pyrrole nitrogens is 1. The average Bonchev–Trinajstić information content (AvgIpc) is 3.65. The number of hydrogen-bond donors (Lipinski definition) is 2. The fourth-order valence-electron chi connectivity index (χ4n) is 4.16. The van der Waals surface area contributed by atoms with Crippen molar-refractivity contribution in [1.82, 2.24) is 34.7 Å². The van der Waals surface area contributed by atoms with Gasteiger partial charge >= 0.3 is 0 Å². The summed E-state index contributed by atoms with van der Waals surface area (Å²) >= 11 is 1.42. The SMILES string of the molecule is CC(=O)c1ccc(-c2cncc3[nH]c(-c4nn(-c5cncc(NC(=O)C(C)(C)C)c5)c5cnccc45)nc23)s1. The zero-order chi connectivity index (χ0) is 27.3. The standard InChI is InChI=1S/C28H24N8O2S/c1-15(37)22-5-6-23(39-22)19-12-31-13-20-24(19)34-26(33-20)25-18-7-8-29-14-21(18)36(35-25)17-9-16(10-30-11-17)32-27(38)28(2,3)4/h5-14H,1-4H3,(H,32,38)(H,33,34). The number of amides is 1. The van der Waals surface area contributed by atoms with E-state index in [4.69, 9.17) is 10.1 Å². The fourth-order valence-corrected chi connectivity index (χ4v) is 5.07. The Balaban J connectivity index is 1.45. The summed E-state index contributed by atoms with van der Waals surface area (Å²) < 4.78 is 1.74. The van der Waals surface area contributed by atoms with Crippen LogP contribution in [0, 0.1) is 5.41 Å². The molecule has 2 N–H and O–H groups in total. The highest BCUT2D eigenvalue weighted by Gasteiger charge is 2.22. The number of carbonyl (C=O) groups excluding carboxylic acids is 2. The number of rotatable bonds is 5. The molecule has 10 nitrogen and oxygen atoms in total. The normalized spacial score (nSPS) is 11.8. The van der Waals surface area contributed by atoms with E-state index in [9.17, 15) is 9.59 Å². The van der Waals surface area contributed by atoms with E-state index in [2.05, 4.69) is 25.3 Å². The molecule has 0 fully saturated rings. The van der Waals surface area contributed by atoms with Gasteiger partial charge in [0.2, 0.25) is 5.91 Å². The number of imidazole rings is 1. The lowest BCUT2D eigenvalue weighted by Gasteiger charge is -2.17. The third kappa shape index (κ3) is 4.46. The molecule has 194 valence electrons. The number of aromatic nitrogens is 7. The zero-order valence-corrected chi connectivity index (χ0v) is 22.5. The number of carbonyl (C=O) groups is 2. The lowest BCUT2D eigenvalue weighted by Crippen LogP contribution is -2.27. The summed E-state index contributed by atoms with van der Waals surface area (Å²) in [7, 11) is 0. The van der Waals surface area contributed by atoms with Crippen LogP contribution in [0.5, 0.6) is 0 Å². The molecule has 0 aromatic carbocycles. The summed E-state index contributed by atoms with van der Waals surface area (Å²) in [5, 5.41) is 8.66. The van der Waals surface area contributed by atoms with Crippen LogP contribution in [0.1, 0.15) is 37.4 Å². The number of pyridine rings is 3. The second-order valence-electron chi connectivity index (χ2n) is 10.2. The third-order valence-electron chi connectivity index (χ3n) is 6.23. The van der Waals surface area contributed by atoms with Crippen molar-refractivity contribution in [3.8, 4) is 27.6 Å². The molecule has 1 amide bonds. The van der Waals surface area contributed by atoms with Gasteiger partial charge in [-0.15, -0.1) is 11.3 Å². The predicted octanol–water partition coefficient (Wildman–Crippen LogP) is 5.67. The van der Waals surface area contributed by atoms with Crippen molar-refractivity contribution in [2.24, 2.45) is 5.41 Å². The van der Waals surface area contributed by atoms with E-state index in [0.29, 0.717) is 27.8 Å². The van der Waals surface area contributed by atoms with Crippen LogP contribution in [0.4, 0.5) is 5.69 Å². The van der Waals surface area contributed by atoms with E-state index < -0.39 is 5.41 Å². The molecule has 0 spiro atoms. The maximum Gasteiger partial charge on any atom is 0.229 e. The molecule has 6 aromatic rings. The smallest absolute Gasteiger partial charge is 0.229 e. The molecule has 0 radical (unpaired) electrons. The number of anilines is 1. The van der Waals surface area contributed by atoms with Gasteiger partial charge in [-0.2, -0.15) is 5.10 Å². The lowest BCUT2D eigenvalue weighted by atomic mass is 9.95. The topological polar surface area (TPSA) is 131 Å². The summed E-state index contributed by atoms with van der Waals surface area (Å²) in [5.41, 5.74) is 4.42. The number of thiophene rings is 1. The summed E-state index contributed by atoms with van der Waals surface area (Å²) in [6.07, 6.45) is 10.2. The monoisotopic (exact) mass is 536 g/mol. The summed E-state index contributed by atoms with van der Waals surface area (Å²) in [6, 6.07) is 7.45. The van der Waals surface area contributed by atoms with Crippen molar-refractivity contribution in [2.75, 3.05) is 5.32 Å². The van der Waals surface area contributed by atoms with Gasteiger partial charge in [-0.25, -0.2) is 9.67 Å². The van der Waals surface area contributed by atoms with E-state index in [-0.39, 0.29) is 11.7 Å². The minimum absolute atomic E-state index is 0.0243. The van der Waals surface area contributed by atoms with Crippen LogP contribution in [-0.4, -0.2) is 46.4 Å². The number of nitrogens with one attached hydrogen (secondary N) is 2. The average molecular weight is 537 g/mol. The summed E-state index contributed by atoms with van der Waals surface area (Å²) in [4.78, 5) is 47.3. The highest BCUT2D eigenvalue weighted by Crippen LogP contribution is 2.35. The van der Waals surface area contributed by atoms with Crippen molar-refractivity contribution >= 4 is 50.7 Å². The Morgan fingerprint density at radius 1 is 1.00 bits per heavy atom. The van der Waals surface area contributed by atoms with Gasteiger partial charge in [0.15, 0.2) is 11.6 Å². The number of aromatic amines is 1. The highest BCUT2D eigenvalue weighted by atomic mass is 32.1. The van der Waals surface area contributed by atoms with E-state index in [1.54, 1.807) is 48.8 Å². The minimum atomic E-state index is -0.544. The first-order valence-corrected chi connectivity index (χ1v) is 13.1. The van der Waals surface area contributed by atoms with Crippen LogP contribution in [0.25, 0.3) is 49.6 Å². The van der Waals surface area contributed by atoms with Gasteiger partial charge in [0.1, 0.15) is 11.2 Å². The number of hydrogen-bond acceptors (Lipinski definition) is 8. The molecule has 11 heteroatoms. The molecule has 0 unspecified atom stereocenters. The van der Waals surface area contributed by atoms with Crippen LogP contribution >= 0.6 is 11.3 Å². The van der Waals surface area contributed by atoms with Gasteiger partial charge in [-0.05, 0) is 31.2 Å². The largest absolute Gasteiger partial charge is 0.335 e. The fraction of sp³-hybridized carbons (Fsp3) is 0.179. The maximum absolute atomic E-state index is 12.5. The van der Waals surface area contributed by atoms with Gasteiger partial charge in [-0.1, -0.05) is 20.8 Å². The molecule has 0 bridgehead atoms. The second-order valence-corrected chi connectivity index (χ2v) is 11.3. The molecule has 6 rings (SSSR count). The molecule has 6 heterocycles. The third-order valence-corrected chi connectivity index (χ3v) is 7.45. The highest BCUT2D eigenvalue weighted by molar-refractivity contribution is 7.17. The molecule has 39 heavy (non-hydrogen) atoms. The zero-order valence-electron chi connectivity index (χ0n) is 21.7. The Morgan fingerprint density at radius 3 is 2.59 bits per heavy atom. The molecule has 0 saturated heterocycles. The van der Waals surface area contributed by atoms with E-state index in [0.717, 1.165) is 32.4 Å². The van der Waals surface area contributed by atoms with E-state index in [1.807, 2.05) is 45.0 Å². The van der Waals surface area contributed by atoms with Gasteiger partial charge in [0.25, 0.3) is 0 Å². The van der Waals surface area contributed by atoms with Gasteiger partial charge in [0.05, 0.1) is 52.1 Å². The van der Waals surface area contributed by atoms with E-state index >= 15 is 0 Å². The first kappa shape index (κ1) is 24.6. The molecule has 6 aromatic heterocycles. The Morgan fingerprint density at radius 2 is 1.82 bits per heavy atom. The summed E-state index contributed by atoms with van der Waals surface area (Å²) in [6.45, 7) is 7.12. The predicted molar refractivity (Wildman–Crippen MR) is 151 cm³/mol. The van der Waals surface area contributed by atoms with Crippen molar-refractivity contribution in [3.05, 3.63) is 66.3 Å². The number of fused-ring (bicyclic) bond motifs is 2. The Kier molecular flexibility index (Phi) is 5.80. The lowest BCUT2D eigenvalue weighted by molar-refractivity contribution is -0.123. The summed E-state index contributed by atoms with van der Waals surface area (Å²) in [5.74, 6) is 0.487. The number of Topliss-reactive ketones (excluding diaryl/α,β-unsaturated/α-hetero) is 1. The molecule has 0 aliphatic heterocycles. The van der Waals surface area contributed by atoms with Crippen LogP contribution in [0.3, 0.4) is 0 Å². The molecule has 0 aliphatic carbocycles. The van der Waals surface area contributed by atoms with Crippen molar-refractivity contribution < 1.29 is 9.59 Å². The molecule has 0 saturated carbocycles. The Bertz CT molecular complexity index is 1890. The Hall–Kier alpha value is -4.77. The van der Waals surface area contributed by atoms with Crippen LogP contribution in [-0.2, 0) is 4.79 Å². The molecular formula is C28H24N8O2S. The van der Waals surface area contributed by atoms with Gasteiger partial charge < -0.3 is 10.3 Å². The molecule has 0 atom stereocenters. The molecular weight excluding hydrogens is 512 g/mol. The minimum Gasteiger partial charge on any atom is -0.335 e. The molecule has 0 aliphatic rings. The Labute approximate surface area is 227 Å². The second kappa shape index (κ2) is 9.21. The van der Waals surface area contributed by atoms with Crippen LogP contribution in [0.2, 0.25) is 0 Å². The van der Waals surface area contributed by atoms with Crippen molar-refractivity contribution in [3.63, 3.8) is 0 Å². The van der Waals surface area contributed by atoms with Crippen LogP contribution in [0.15, 0.2) is 61.4 Å². The first-order valence-electron chi connectivity index (χ1n) is 12.2. The van der Waals surface area contributed by atoms with Crippen molar-refractivity contribution in [2.45, 2.75) is 27.7 Å². The maximum atomic E-state index is 12.5. The first-order chi connectivity index (χ1) is 18.7. The number of nitrogens with zero attached hydrogens (tertiary/aromatic N) is 6. The van der Waals surface area contributed by atoms with Crippen molar-refractivity contribution in [1.29, 1.82) is 0 Å². The van der Waals surface area contributed by atoms with Gasteiger partial charge in [0, 0.05) is 33.6 Å². The van der Waals surface area contributed by atoms with Crippen LogP contribution < -0.4 is 5.32 Å². The number of ketones is 1. The quantitative estimate of drug-likeness (QED) is 0.271.